The Morgan fingerprint density at radius 3 is 0.450 bits per heavy atom. The minimum atomic E-state index is 1.31. The lowest BCUT2D eigenvalue weighted by Gasteiger charge is -2.04. The molecule has 0 saturated heterocycles. The quantitative estimate of drug-likeness (QED) is 0.0423. The van der Waals surface area contributed by atoms with Crippen molar-refractivity contribution in [1.29, 1.82) is 0 Å². The third kappa shape index (κ3) is 57.5. The number of hydrogen-bond acceptors (Lipinski definition) is 0. The second-order valence-corrected chi connectivity index (χ2v) is 19.9. The highest BCUT2D eigenvalue weighted by Crippen LogP contribution is 2.18. The molecule has 60 heavy (non-hydrogen) atoms. The van der Waals surface area contributed by atoms with E-state index in [9.17, 15) is 0 Å². The molecule has 0 unspecified atom stereocenters. The molecule has 0 aromatic carbocycles. The Hall–Kier alpha value is -0.520. The molecule has 0 aliphatic carbocycles. The Bertz CT molecular complexity index is 760. The van der Waals surface area contributed by atoms with E-state index < -0.39 is 0 Å². The van der Waals surface area contributed by atoms with Gasteiger partial charge in [0.05, 0.1) is 0 Å². The molecule has 0 amide bonds. The molecule has 0 fully saturated rings. The van der Waals surface area contributed by atoms with Crippen molar-refractivity contribution in [3.05, 3.63) is 30.7 Å². The molecule has 0 aliphatic heterocycles. The first-order valence-corrected chi connectivity index (χ1v) is 29.0. The Kier molecular flexibility index (Phi) is 58.0. The second-order valence-electron chi connectivity index (χ2n) is 19.9. The molecule has 1 radical (unpaired) electrons. The summed E-state index contributed by atoms with van der Waals surface area (Å²) in [5, 5.41) is 0. The maximum Gasteiger partial charge on any atom is -0.0351 e. The summed E-state index contributed by atoms with van der Waals surface area (Å²) in [5.74, 6) is 0. The first kappa shape index (κ1) is 59.5. The van der Waals surface area contributed by atoms with Crippen molar-refractivity contribution in [2.24, 2.45) is 0 Å². The average Bonchev–Trinajstić information content (AvgIpc) is 3.26. The molecule has 0 nitrogen and oxygen atoms in total. The van der Waals surface area contributed by atoms with Gasteiger partial charge in [-0.2, -0.15) is 0 Å². The molecule has 0 bridgehead atoms. The van der Waals surface area contributed by atoms with Gasteiger partial charge < -0.3 is 0 Å². The first-order chi connectivity index (χ1) is 29.9. The molecule has 0 atom stereocenters. The van der Waals surface area contributed by atoms with Crippen LogP contribution in [-0.2, 0) is 0 Å². The summed E-state index contributed by atoms with van der Waals surface area (Å²) >= 11 is 0. The Morgan fingerprint density at radius 1 is 0.150 bits per heavy atom. The molecule has 0 heteroatoms. The zero-order chi connectivity index (χ0) is 43.0. The van der Waals surface area contributed by atoms with E-state index in [0.29, 0.717) is 0 Å². The number of allylic oxidation sites excluding steroid dienone is 4. The largest absolute Gasteiger partial charge is 0.0885 e. The van der Waals surface area contributed by atoms with Crippen LogP contribution in [0.1, 0.15) is 354 Å². The van der Waals surface area contributed by atoms with Gasteiger partial charge in [-0.1, -0.05) is 327 Å². The molecular weight excluding hydrogens is 721 g/mol. The van der Waals surface area contributed by atoms with E-state index in [1.54, 1.807) is 0 Å². The van der Waals surface area contributed by atoms with Gasteiger partial charge in [-0.3, -0.25) is 0 Å². The third-order valence-corrected chi connectivity index (χ3v) is 13.6. The molecule has 0 N–H and O–H groups in total. The van der Waals surface area contributed by atoms with Gasteiger partial charge in [-0.05, 0) is 57.8 Å². The summed E-state index contributed by atoms with van der Waals surface area (Å²) in [7, 11) is 0. The predicted octanol–water partition coefficient (Wildman–Crippen LogP) is 23.0. The topological polar surface area (TPSA) is 0 Å². The van der Waals surface area contributed by atoms with Crippen molar-refractivity contribution in [3.63, 3.8) is 0 Å². The van der Waals surface area contributed by atoms with Gasteiger partial charge in [-0.25, -0.2) is 0 Å². The average molecular weight is 839 g/mol. The minimum absolute atomic E-state index is 1.31. The van der Waals surface area contributed by atoms with Crippen LogP contribution in [0.5, 0.6) is 0 Å². The van der Waals surface area contributed by atoms with Gasteiger partial charge in [0.25, 0.3) is 0 Å². The fourth-order valence-electron chi connectivity index (χ4n) is 9.28. The lowest BCUT2D eigenvalue weighted by Crippen LogP contribution is -1.85. The number of unbranched alkanes of at least 4 members (excludes halogenated alkanes) is 51. The van der Waals surface area contributed by atoms with Crippen LogP contribution in [0.2, 0.25) is 0 Å². The van der Waals surface area contributed by atoms with Gasteiger partial charge >= 0.3 is 0 Å². The van der Waals surface area contributed by atoms with Crippen LogP contribution in [0.15, 0.2) is 24.3 Å². The third-order valence-electron chi connectivity index (χ3n) is 13.6. The predicted molar refractivity (Wildman–Crippen MR) is 279 cm³/mol. The maximum atomic E-state index is 2.60. The zero-order valence-corrected chi connectivity index (χ0v) is 42.4. The molecule has 357 valence electrons. The smallest absolute Gasteiger partial charge is 0.0351 e. The molecule has 0 aliphatic rings. The number of hydrogen-bond donors (Lipinski definition) is 0. The van der Waals surface area contributed by atoms with Gasteiger partial charge in [0, 0.05) is 0 Å². The standard InChI is InChI=1S/C60H117/c1-3-5-7-9-11-13-15-17-19-21-23-25-27-29-31-33-35-37-39-41-43-45-47-49-51-53-55-57-59-60-58-56-54-52-50-48-46-44-42-40-38-36-34-32-30-28-26-24-22-20-18-16-14-12-10-8-6-4-2/h35,37-38,40,60H,3-34,36,39,41-59H2,1-2H3. The van der Waals surface area contributed by atoms with E-state index in [-0.39, 0.29) is 0 Å². The van der Waals surface area contributed by atoms with Crippen LogP contribution in [0.4, 0.5) is 0 Å². The van der Waals surface area contributed by atoms with Crippen molar-refractivity contribution in [2.75, 3.05) is 0 Å². The molecule has 0 aromatic heterocycles. The Morgan fingerprint density at radius 2 is 0.283 bits per heavy atom. The second kappa shape index (κ2) is 58.5. The van der Waals surface area contributed by atoms with Crippen molar-refractivity contribution >= 4 is 0 Å². The lowest BCUT2D eigenvalue weighted by molar-refractivity contribution is 0.530. The van der Waals surface area contributed by atoms with Crippen molar-refractivity contribution in [1.82, 2.24) is 0 Å². The maximum absolute atomic E-state index is 2.60. The Labute approximate surface area is 383 Å². The van der Waals surface area contributed by atoms with E-state index in [4.69, 9.17) is 0 Å². The van der Waals surface area contributed by atoms with Crippen LogP contribution in [-0.4, -0.2) is 0 Å². The SMILES string of the molecule is CCCCCCCCCCCCCCCCCC=CCCCCCCCCCCC[CH]CCCCCCCCCC=CCCCCCCCCCCCCCCCCCC. The van der Waals surface area contributed by atoms with E-state index in [2.05, 4.69) is 44.6 Å². The summed E-state index contributed by atoms with van der Waals surface area (Å²) in [5.41, 5.74) is 0. The molecule has 0 heterocycles. The molecule has 0 spiro atoms. The fourth-order valence-corrected chi connectivity index (χ4v) is 9.28. The highest BCUT2D eigenvalue weighted by atomic mass is 14.0. The Balaban J connectivity index is 3.12. The normalized spacial score (nSPS) is 12.0. The van der Waals surface area contributed by atoms with E-state index in [1.807, 2.05) is 0 Å². The fraction of sp³-hybridized carbons (Fsp3) is 0.917. The molecular formula is C60H117. The minimum Gasteiger partial charge on any atom is -0.0885 e. The molecule has 0 saturated carbocycles. The van der Waals surface area contributed by atoms with Gasteiger partial charge in [0.2, 0.25) is 0 Å². The van der Waals surface area contributed by atoms with Gasteiger partial charge in [0.15, 0.2) is 0 Å². The van der Waals surface area contributed by atoms with E-state index in [0.717, 1.165) is 0 Å². The van der Waals surface area contributed by atoms with Crippen LogP contribution < -0.4 is 0 Å². The summed E-state index contributed by atoms with van der Waals surface area (Å²) in [6.45, 7) is 4.62. The summed E-state index contributed by atoms with van der Waals surface area (Å²) in [6.07, 6.45) is 88.9. The molecule has 0 aromatic rings. The van der Waals surface area contributed by atoms with Crippen molar-refractivity contribution in [2.45, 2.75) is 354 Å². The molecule has 0 rings (SSSR count). The van der Waals surface area contributed by atoms with Crippen LogP contribution in [0.25, 0.3) is 0 Å². The number of rotatable bonds is 55. The zero-order valence-electron chi connectivity index (χ0n) is 42.4. The van der Waals surface area contributed by atoms with Gasteiger partial charge in [-0.15, -0.1) is 0 Å². The van der Waals surface area contributed by atoms with Crippen LogP contribution >= 0.6 is 0 Å². The van der Waals surface area contributed by atoms with Gasteiger partial charge in [0.1, 0.15) is 0 Å². The highest BCUT2D eigenvalue weighted by Gasteiger charge is 1.98. The summed E-state index contributed by atoms with van der Waals surface area (Å²) in [4.78, 5) is 0. The van der Waals surface area contributed by atoms with Crippen molar-refractivity contribution < 1.29 is 0 Å². The van der Waals surface area contributed by atoms with Crippen molar-refractivity contribution in [3.8, 4) is 0 Å². The summed E-state index contributed by atoms with van der Waals surface area (Å²) in [6, 6.07) is 0. The highest BCUT2D eigenvalue weighted by molar-refractivity contribution is 4.82. The monoisotopic (exact) mass is 838 g/mol. The summed E-state index contributed by atoms with van der Waals surface area (Å²) < 4.78 is 0. The van der Waals surface area contributed by atoms with Crippen LogP contribution in [0.3, 0.4) is 0 Å². The van der Waals surface area contributed by atoms with E-state index >= 15 is 0 Å². The first-order valence-electron chi connectivity index (χ1n) is 29.0. The van der Waals surface area contributed by atoms with E-state index in [1.165, 1.54) is 340 Å². The van der Waals surface area contributed by atoms with Crippen LogP contribution in [0, 0.1) is 6.42 Å². The lowest BCUT2D eigenvalue weighted by atomic mass is 10.0.